The molecule has 1 aliphatic carbocycles. The van der Waals surface area contributed by atoms with E-state index >= 15 is 0 Å². The van der Waals surface area contributed by atoms with Gasteiger partial charge in [-0.25, -0.2) is 0 Å². The van der Waals surface area contributed by atoms with Gasteiger partial charge in [0.05, 0.1) is 6.26 Å². The summed E-state index contributed by atoms with van der Waals surface area (Å²) < 4.78 is 5.27. The number of nitrogens with zero attached hydrogens (tertiary/aromatic N) is 2. The Morgan fingerprint density at radius 2 is 1.91 bits per heavy atom. The van der Waals surface area contributed by atoms with E-state index in [-0.39, 0.29) is 5.91 Å². The molecule has 0 saturated carbocycles. The van der Waals surface area contributed by atoms with Crippen LogP contribution in [0, 0.1) is 5.92 Å². The fourth-order valence-electron chi connectivity index (χ4n) is 4.21. The minimum atomic E-state index is 0.00869. The fourth-order valence-corrected chi connectivity index (χ4v) is 4.21. The Morgan fingerprint density at radius 3 is 2.59 bits per heavy atom. The molecule has 1 saturated heterocycles. The Morgan fingerprint density at radius 1 is 1.14 bits per heavy atom. The van der Waals surface area contributed by atoms with Gasteiger partial charge in [0.2, 0.25) is 0 Å². The second-order valence-electron chi connectivity index (χ2n) is 6.50. The highest BCUT2D eigenvalue weighted by Crippen LogP contribution is 2.51. The van der Waals surface area contributed by atoms with Crippen molar-refractivity contribution < 1.29 is 9.21 Å². The first kappa shape index (κ1) is 13.6. The van der Waals surface area contributed by atoms with Crippen LogP contribution in [0.25, 0.3) is 0 Å². The molecule has 1 fully saturated rings. The van der Waals surface area contributed by atoms with Crippen LogP contribution in [0.15, 0.2) is 47.1 Å². The maximum Gasteiger partial charge on any atom is 0.289 e. The SMILES string of the molecule is CN(C)[C@H]1c2ccccc2[C@@H]2CN(C(=O)c3ccco3)C[C@@H]21. The number of carbonyl (C=O) groups excluding carboxylic acids is 1. The molecule has 22 heavy (non-hydrogen) atoms. The van der Waals surface area contributed by atoms with Crippen molar-refractivity contribution in [3.63, 3.8) is 0 Å². The smallest absolute Gasteiger partial charge is 0.289 e. The summed E-state index contributed by atoms with van der Waals surface area (Å²) in [5.74, 6) is 1.35. The first-order valence-electron chi connectivity index (χ1n) is 7.75. The number of amides is 1. The monoisotopic (exact) mass is 296 g/mol. The van der Waals surface area contributed by atoms with E-state index in [1.165, 1.54) is 11.1 Å². The molecule has 0 radical (unpaired) electrons. The van der Waals surface area contributed by atoms with Gasteiger partial charge in [-0.05, 0) is 37.4 Å². The fraction of sp³-hybridized carbons (Fsp3) is 0.389. The lowest BCUT2D eigenvalue weighted by atomic mass is 9.94. The van der Waals surface area contributed by atoms with E-state index < -0.39 is 0 Å². The molecule has 4 nitrogen and oxygen atoms in total. The first-order valence-corrected chi connectivity index (χ1v) is 7.75. The lowest BCUT2D eigenvalue weighted by Gasteiger charge is -2.27. The van der Waals surface area contributed by atoms with E-state index in [0.29, 0.717) is 23.6 Å². The zero-order valence-corrected chi connectivity index (χ0v) is 12.9. The molecular weight excluding hydrogens is 276 g/mol. The molecule has 0 unspecified atom stereocenters. The van der Waals surface area contributed by atoms with Gasteiger partial charge in [-0.15, -0.1) is 0 Å². The summed E-state index contributed by atoms with van der Waals surface area (Å²) in [5.41, 5.74) is 2.83. The van der Waals surface area contributed by atoms with Crippen molar-refractivity contribution in [2.24, 2.45) is 5.92 Å². The summed E-state index contributed by atoms with van der Waals surface area (Å²) in [6, 6.07) is 12.6. The zero-order valence-electron chi connectivity index (χ0n) is 12.9. The second-order valence-corrected chi connectivity index (χ2v) is 6.50. The summed E-state index contributed by atoms with van der Waals surface area (Å²) in [7, 11) is 4.25. The molecule has 2 heterocycles. The highest BCUT2D eigenvalue weighted by molar-refractivity contribution is 5.91. The average molecular weight is 296 g/mol. The minimum absolute atomic E-state index is 0.00869. The van der Waals surface area contributed by atoms with Crippen molar-refractivity contribution >= 4 is 5.91 Å². The van der Waals surface area contributed by atoms with Crippen molar-refractivity contribution in [2.75, 3.05) is 27.2 Å². The highest BCUT2D eigenvalue weighted by atomic mass is 16.3. The van der Waals surface area contributed by atoms with Gasteiger partial charge in [0, 0.05) is 31.0 Å². The van der Waals surface area contributed by atoms with Crippen LogP contribution in [0.5, 0.6) is 0 Å². The van der Waals surface area contributed by atoms with Gasteiger partial charge in [0.25, 0.3) is 5.91 Å². The molecule has 1 amide bonds. The topological polar surface area (TPSA) is 36.7 Å². The van der Waals surface area contributed by atoms with E-state index in [4.69, 9.17) is 4.42 Å². The standard InChI is InChI=1S/C18H20N2O2/c1-19(2)17-13-7-4-3-6-12(13)14-10-20(11-15(14)17)18(21)16-8-5-9-22-16/h3-9,14-15,17H,10-11H2,1-2H3/t14-,15-,17-/m0/s1. The number of fused-ring (bicyclic) bond motifs is 3. The number of furan rings is 1. The Kier molecular flexibility index (Phi) is 3.08. The van der Waals surface area contributed by atoms with Crippen LogP contribution in [0.2, 0.25) is 0 Å². The molecule has 0 bridgehead atoms. The second kappa shape index (κ2) is 4.99. The largest absolute Gasteiger partial charge is 0.459 e. The van der Waals surface area contributed by atoms with Crippen LogP contribution in [0.1, 0.15) is 33.6 Å². The van der Waals surface area contributed by atoms with Gasteiger partial charge in [-0.2, -0.15) is 0 Å². The maximum atomic E-state index is 12.5. The normalized spacial score (nSPS) is 26.3. The predicted octanol–water partition coefficient (Wildman–Crippen LogP) is 2.75. The van der Waals surface area contributed by atoms with Gasteiger partial charge in [-0.1, -0.05) is 24.3 Å². The van der Waals surface area contributed by atoms with Crippen LogP contribution in [0.4, 0.5) is 0 Å². The third-order valence-electron chi connectivity index (χ3n) is 5.06. The number of rotatable bonds is 2. The van der Waals surface area contributed by atoms with Crippen molar-refractivity contribution in [3.05, 3.63) is 59.5 Å². The molecule has 4 heteroatoms. The number of hydrogen-bond donors (Lipinski definition) is 0. The van der Waals surface area contributed by atoms with Crippen LogP contribution in [0.3, 0.4) is 0 Å². The number of carbonyl (C=O) groups is 1. The molecule has 1 aromatic heterocycles. The molecule has 114 valence electrons. The quantitative estimate of drug-likeness (QED) is 0.855. The lowest BCUT2D eigenvalue weighted by molar-refractivity contribution is 0.0745. The molecule has 2 aliphatic rings. The molecule has 3 atom stereocenters. The summed E-state index contributed by atoms with van der Waals surface area (Å²) >= 11 is 0. The van der Waals surface area contributed by atoms with Crippen molar-refractivity contribution in [1.82, 2.24) is 9.80 Å². The predicted molar refractivity (Wildman–Crippen MR) is 83.7 cm³/mol. The van der Waals surface area contributed by atoms with Crippen LogP contribution in [-0.2, 0) is 0 Å². The summed E-state index contributed by atoms with van der Waals surface area (Å²) in [6.07, 6.45) is 1.56. The number of hydrogen-bond acceptors (Lipinski definition) is 3. The Hall–Kier alpha value is -2.07. The maximum absolute atomic E-state index is 12.5. The molecule has 4 rings (SSSR count). The average Bonchev–Trinajstić information content (AvgIpc) is 3.21. The van der Waals surface area contributed by atoms with Gasteiger partial charge < -0.3 is 14.2 Å². The van der Waals surface area contributed by atoms with Crippen molar-refractivity contribution in [1.29, 1.82) is 0 Å². The third-order valence-corrected chi connectivity index (χ3v) is 5.06. The van der Waals surface area contributed by atoms with Crippen LogP contribution < -0.4 is 0 Å². The van der Waals surface area contributed by atoms with E-state index in [2.05, 4.69) is 43.3 Å². The number of likely N-dealkylation sites (tertiary alicyclic amines) is 1. The van der Waals surface area contributed by atoms with Crippen LogP contribution >= 0.6 is 0 Å². The molecule has 1 aliphatic heterocycles. The van der Waals surface area contributed by atoms with Gasteiger partial charge >= 0.3 is 0 Å². The zero-order chi connectivity index (χ0) is 15.3. The Labute approximate surface area is 130 Å². The summed E-state index contributed by atoms with van der Waals surface area (Å²) in [6.45, 7) is 1.58. The Bertz CT molecular complexity index is 693. The highest BCUT2D eigenvalue weighted by Gasteiger charge is 2.48. The van der Waals surface area contributed by atoms with Crippen molar-refractivity contribution in [3.8, 4) is 0 Å². The van der Waals surface area contributed by atoms with Gasteiger partial charge in [-0.3, -0.25) is 4.79 Å². The van der Waals surface area contributed by atoms with E-state index in [1.54, 1.807) is 18.4 Å². The summed E-state index contributed by atoms with van der Waals surface area (Å²) in [4.78, 5) is 16.8. The lowest BCUT2D eigenvalue weighted by Crippen LogP contribution is -2.32. The molecule has 1 aromatic carbocycles. The van der Waals surface area contributed by atoms with Gasteiger partial charge in [0.15, 0.2) is 5.76 Å². The molecule has 2 aromatic rings. The first-order chi connectivity index (χ1) is 10.7. The van der Waals surface area contributed by atoms with E-state index in [9.17, 15) is 4.79 Å². The van der Waals surface area contributed by atoms with Crippen LogP contribution in [-0.4, -0.2) is 42.9 Å². The van der Waals surface area contributed by atoms with Gasteiger partial charge in [0.1, 0.15) is 0 Å². The van der Waals surface area contributed by atoms with Crippen molar-refractivity contribution in [2.45, 2.75) is 12.0 Å². The number of benzene rings is 1. The van der Waals surface area contributed by atoms with E-state index in [1.807, 2.05) is 4.90 Å². The Balaban J connectivity index is 1.65. The minimum Gasteiger partial charge on any atom is -0.459 e. The summed E-state index contributed by atoms with van der Waals surface area (Å²) in [5, 5.41) is 0. The van der Waals surface area contributed by atoms with E-state index in [0.717, 1.165) is 13.1 Å². The molecule has 0 N–H and O–H groups in total. The third kappa shape index (κ3) is 1.91. The molecule has 0 spiro atoms. The molecular formula is C18H20N2O2.